The molecule has 0 saturated heterocycles. The monoisotopic (exact) mass is 522 g/mol. The van der Waals surface area contributed by atoms with Crippen molar-refractivity contribution in [3.63, 3.8) is 0 Å². The first-order chi connectivity index (χ1) is 17.7. The molecule has 3 aliphatic rings. The van der Waals surface area contributed by atoms with Gasteiger partial charge in [0, 0.05) is 24.3 Å². The normalized spacial score (nSPS) is 36.6. The lowest BCUT2D eigenvalue weighted by Crippen LogP contribution is -2.62. The van der Waals surface area contributed by atoms with Gasteiger partial charge in [-0.2, -0.15) is 0 Å². The van der Waals surface area contributed by atoms with Gasteiger partial charge in [0.25, 0.3) is 0 Å². The maximum Gasteiger partial charge on any atom is 0.315 e. The standard InChI is InChI=1S/C33H46O5/c1-21(2)12-10-13-22(3)14-11-15-23(4)29-25(35)20-27-31(6)19-17-28(38-24(5)34)33(8,30(36)37-9)26(31)16-18-32(27,29)7/h10-15,26-28H,16-20H2,1-9H3/b13-10+,15-11+,22-14-,29-23-/t26-,27+,28-,31+,32+,33?/m1/s1. The van der Waals surface area contributed by atoms with Gasteiger partial charge in [-0.05, 0) is 83.1 Å². The third kappa shape index (κ3) is 5.26. The van der Waals surface area contributed by atoms with Crippen LogP contribution in [0.15, 0.2) is 58.7 Å². The minimum Gasteiger partial charge on any atom is -0.468 e. The molecule has 0 aliphatic heterocycles. The van der Waals surface area contributed by atoms with E-state index in [0.717, 1.165) is 36.0 Å². The van der Waals surface area contributed by atoms with Crippen molar-refractivity contribution in [3.05, 3.63) is 58.7 Å². The Morgan fingerprint density at radius 1 is 0.895 bits per heavy atom. The van der Waals surface area contributed by atoms with E-state index < -0.39 is 11.5 Å². The van der Waals surface area contributed by atoms with E-state index in [1.807, 2.05) is 26.0 Å². The SMILES string of the molecule is COC(=O)C1(C)[C@H](OC(C)=O)CC[C@@]2(C)[C@H]1CC[C@]1(C)\C(=C(C)/C=C/C=C(C)\C=C\C=C(C)C)C(=O)C[C@@H]21. The molecular weight excluding hydrogens is 476 g/mol. The largest absolute Gasteiger partial charge is 0.468 e. The second kappa shape index (κ2) is 11.2. The first-order valence-electron chi connectivity index (χ1n) is 13.9. The van der Waals surface area contributed by atoms with E-state index in [-0.39, 0.29) is 40.4 Å². The van der Waals surface area contributed by atoms with Gasteiger partial charge in [-0.1, -0.05) is 61.4 Å². The van der Waals surface area contributed by atoms with Gasteiger partial charge in [0.15, 0.2) is 5.78 Å². The fourth-order valence-corrected chi connectivity index (χ4v) is 8.00. The number of ether oxygens (including phenoxy) is 2. The molecule has 0 N–H and O–H groups in total. The molecule has 0 spiro atoms. The topological polar surface area (TPSA) is 69.7 Å². The fraction of sp³-hybridized carbons (Fsp3) is 0.606. The average Bonchev–Trinajstić information content (AvgIpc) is 3.11. The summed E-state index contributed by atoms with van der Waals surface area (Å²) in [6.07, 6.45) is 15.3. The number of methoxy groups -OCH3 is 1. The van der Waals surface area contributed by atoms with Gasteiger partial charge in [-0.25, -0.2) is 0 Å². The van der Waals surface area contributed by atoms with Crippen molar-refractivity contribution in [1.29, 1.82) is 0 Å². The smallest absolute Gasteiger partial charge is 0.315 e. The molecule has 6 atom stereocenters. The van der Waals surface area contributed by atoms with Crippen LogP contribution in [0.3, 0.4) is 0 Å². The average molecular weight is 523 g/mol. The highest BCUT2D eigenvalue weighted by atomic mass is 16.6. The zero-order valence-electron chi connectivity index (χ0n) is 24.8. The maximum absolute atomic E-state index is 13.6. The molecule has 5 nitrogen and oxygen atoms in total. The van der Waals surface area contributed by atoms with Crippen LogP contribution in [0.1, 0.15) is 87.5 Å². The molecular formula is C33H46O5. The van der Waals surface area contributed by atoms with Crippen LogP contribution in [0, 0.1) is 28.1 Å². The number of allylic oxidation sites excluding steroid dienone is 10. The summed E-state index contributed by atoms with van der Waals surface area (Å²) < 4.78 is 11.0. The summed E-state index contributed by atoms with van der Waals surface area (Å²) in [6, 6.07) is 0. The number of carbonyl (C=O) groups is 3. The minimum atomic E-state index is -0.944. The van der Waals surface area contributed by atoms with E-state index in [2.05, 4.69) is 58.9 Å². The van der Waals surface area contributed by atoms with Crippen LogP contribution < -0.4 is 0 Å². The molecule has 0 radical (unpaired) electrons. The van der Waals surface area contributed by atoms with Gasteiger partial charge in [-0.15, -0.1) is 0 Å². The summed E-state index contributed by atoms with van der Waals surface area (Å²) in [6.45, 7) is 16.0. The maximum atomic E-state index is 13.6. The molecule has 3 fully saturated rings. The highest BCUT2D eigenvalue weighted by molar-refractivity contribution is 6.01. The summed E-state index contributed by atoms with van der Waals surface area (Å²) in [4.78, 5) is 38.7. The predicted molar refractivity (Wildman–Crippen MR) is 151 cm³/mol. The Labute approximate surface area is 229 Å². The lowest BCUT2D eigenvalue weighted by atomic mass is 9.42. The minimum absolute atomic E-state index is 0.0419. The van der Waals surface area contributed by atoms with E-state index in [4.69, 9.17) is 9.47 Å². The molecule has 0 bridgehead atoms. The van der Waals surface area contributed by atoms with Crippen molar-refractivity contribution in [2.45, 2.75) is 93.6 Å². The van der Waals surface area contributed by atoms with Crippen LogP contribution in [0.25, 0.3) is 0 Å². The van der Waals surface area contributed by atoms with Crippen molar-refractivity contribution < 1.29 is 23.9 Å². The van der Waals surface area contributed by atoms with Crippen LogP contribution in [0.2, 0.25) is 0 Å². The number of ketones is 1. The fourth-order valence-electron chi connectivity index (χ4n) is 8.00. The Morgan fingerprint density at radius 3 is 2.16 bits per heavy atom. The van der Waals surface area contributed by atoms with Crippen molar-refractivity contribution in [2.24, 2.45) is 28.1 Å². The van der Waals surface area contributed by atoms with Gasteiger partial charge in [0.2, 0.25) is 0 Å². The van der Waals surface area contributed by atoms with Crippen molar-refractivity contribution in [2.75, 3.05) is 7.11 Å². The molecule has 208 valence electrons. The molecule has 0 aromatic heterocycles. The third-order valence-corrected chi connectivity index (χ3v) is 9.71. The molecule has 38 heavy (non-hydrogen) atoms. The number of carbonyl (C=O) groups excluding carboxylic acids is 3. The van der Waals surface area contributed by atoms with E-state index in [1.54, 1.807) is 0 Å². The zero-order valence-corrected chi connectivity index (χ0v) is 24.8. The summed E-state index contributed by atoms with van der Waals surface area (Å²) in [7, 11) is 1.40. The summed E-state index contributed by atoms with van der Waals surface area (Å²) in [5.41, 5.74) is 2.89. The van der Waals surface area contributed by atoms with Gasteiger partial charge >= 0.3 is 11.9 Å². The van der Waals surface area contributed by atoms with Crippen LogP contribution in [-0.4, -0.2) is 30.9 Å². The number of hydrogen-bond donors (Lipinski definition) is 0. The van der Waals surface area contributed by atoms with Crippen molar-refractivity contribution in [1.82, 2.24) is 0 Å². The van der Waals surface area contributed by atoms with E-state index in [9.17, 15) is 14.4 Å². The van der Waals surface area contributed by atoms with E-state index in [0.29, 0.717) is 12.8 Å². The molecule has 3 aliphatic carbocycles. The Kier molecular flexibility index (Phi) is 8.80. The Balaban J connectivity index is 1.96. The third-order valence-electron chi connectivity index (χ3n) is 9.71. The van der Waals surface area contributed by atoms with Crippen molar-refractivity contribution >= 4 is 17.7 Å². The van der Waals surface area contributed by atoms with Crippen LogP contribution in [-0.2, 0) is 23.9 Å². The summed E-state index contributed by atoms with van der Waals surface area (Å²) >= 11 is 0. The lowest BCUT2D eigenvalue weighted by molar-refractivity contribution is -0.206. The molecule has 0 heterocycles. The van der Waals surface area contributed by atoms with Gasteiger partial charge < -0.3 is 9.47 Å². The van der Waals surface area contributed by atoms with Crippen LogP contribution >= 0.6 is 0 Å². The highest BCUT2D eigenvalue weighted by Crippen LogP contribution is 2.69. The number of Topliss-reactive ketones (excluding diaryl/α,β-unsaturated/α-hetero) is 1. The summed E-state index contributed by atoms with van der Waals surface area (Å²) in [5.74, 6) is -0.420. The molecule has 0 aromatic carbocycles. The first-order valence-corrected chi connectivity index (χ1v) is 13.9. The van der Waals surface area contributed by atoms with Crippen LogP contribution in [0.5, 0.6) is 0 Å². The highest BCUT2D eigenvalue weighted by Gasteiger charge is 2.68. The number of fused-ring (bicyclic) bond motifs is 3. The number of hydrogen-bond acceptors (Lipinski definition) is 5. The second-order valence-corrected chi connectivity index (χ2v) is 12.5. The zero-order chi connectivity index (χ0) is 28.5. The van der Waals surface area contributed by atoms with Gasteiger partial charge in [0.1, 0.15) is 11.5 Å². The Morgan fingerprint density at radius 2 is 1.55 bits per heavy atom. The lowest BCUT2D eigenvalue weighted by Gasteiger charge is -2.61. The Bertz CT molecular complexity index is 1130. The van der Waals surface area contributed by atoms with Gasteiger partial charge in [-0.3, -0.25) is 14.4 Å². The molecule has 1 unspecified atom stereocenters. The van der Waals surface area contributed by atoms with Gasteiger partial charge in [0.05, 0.1) is 7.11 Å². The van der Waals surface area contributed by atoms with Crippen LogP contribution in [0.4, 0.5) is 0 Å². The molecule has 3 saturated carbocycles. The molecule has 0 aromatic rings. The quantitative estimate of drug-likeness (QED) is 0.209. The van der Waals surface area contributed by atoms with Crippen molar-refractivity contribution in [3.8, 4) is 0 Å². The number of esters is 2. The molecule has 3 rings (SSSR count). The Hall–Kier alpha value is -2.69. The summed E-state index contributed by atoms with van der Waals surface area (Å²) in [5, 5.41) is 0. The van der Waals surface area contributed by atoms with E-state index >= 15 is 0 Å². The number of rotatable bonds is 6. The molecule has 0 amide bonds. The van der Waals surface area contributed by atoms with E-state index in [1.165, 1.54) is 19.6 Å². The molecule has 5 heteroatoms. The second-order valence-electron chi connectivity index (χ2n) is 12.5. The first kappa shape index (κ1) is 29.9. The predicted octanol–water partition coefficient (Wildman–Crippen LogP) is 7.24.